The summed E-state index contributed by atoms with van der Waals surface area (Å²) in [6.07, 6.45) is 0. The second-order valence-electron chi connectivity index (χ2n) is 1.79. The number of hydrogen-bond acceptors (Lipinski definition) is 2. The first-order chi connectivity index (χ1) is 4.61. The van der Waals surface area contributed by atoms with Gasteiger partial charge in [0.05, 0.1) is 4.90 Å². The summed E-state index contributed by atoms with van der Waals surface area (Å²) in [5.74, 6) is 0. The number of benzene rings is 1. The van der Waals surface area contributed by atoms with Gasteiger partial charge in [-0.2, -0.15) is 8.42 Å². The summed E-state index contributed by atoms with van der Waals surface area (Å²) in [7, 11) is -4.00. The van der Waals surface area contributed by atoms with Gasteiger partial charge in [0, 0.05) is 0 Å². The van der Waals surface area contributed by atoms with E-state index < -0.39 is 10.1 Å². The van der Waals surface area contributed by atoms with Gasteiger partial charge >= 0.3 is 0 Å². The minimum atomic E-state index is -4.00. The van der Waals surface area contributed by atoms with Crippen molar-refractivity contribution in [2.45, 2.75) is 4.90 Å². The van der Waals surface area contributed by atoms with Crippen LogP contribution in [0.5, 0.6) is 0 Å². The quantitative estimate of drug-likeness (QED) is 0.522. The second kappa shape index (κ2) is 3.71. The van der Waals surface area contributed by atoms with Gasteiger partial charge in [0.25, 0.3) is 10.1 Å². The Labute approximate surface area is 71.2 Å². The number of rotatable bonds is 1. The normalized spacial score (nSPS) is 10.3. The smallest absolute Gasteiger partial charge is 0.294 e. The van der Waals surface area contributed by atoms with E-state index in [1.54, 1.807) is 18.2 Å². The molecule has 0 fully saturated rings. The molecule has 0 bridgehead atoms. The molecular weight excluding hydrogens is 188 g/mol. The van der Waals surface area contributed by atoms with Crippen molar-refractivity contribution in [2.75, 3.05) is 0 Å². The Hall–Kier alpha value is -0.580. The summed E-state index contributed by atoms with van der Waals surface area (Å²) in [6.45, 7) is 0. The molecule has 62 valence electrons. The van der Waals surface area contributed by atoms with Crippen molar-refractivity contribution in [3.8, 4) is 0 Å². The zero-order chi connectivity index (χ0) is 7.61. The summed E-state index contributed by atoms with van der Waals surface area (Å²) in [5.41, 5.74) is 0. The molecule has 0 heterocycles. The SMILES string of the molecule is O=S(=O)(O)c1ccccc1.[Cl-]. The maximum Gasteiger partial charge on any atom is 0.294 e. The van der Waals surface area contributed by atoms with Crippen LogP contribution in [0.25, 0.3) is 0 Å². The third-order valence-corrected chi connectivity index (χ3v) is 1.91. The van der Waals surface area contributed by atoms with Crippen LogP contribution in [0.15, 0.2) is 35.2 Å². The van der Waals surface area contributed by atoms with Crippen LogP contribution in [0.2, 0.25) is 0 Å². The van der Waals surface area contributed by atoms with Crippen LogP contribution >= 0.6 is 0 Å². The molecule has 0 atom stereocenters. The lowest BCUT2D eigenvalue weighted by Gasteiger charge is -1.92. The maximum atomic E-state index is 10.4. The molecule has 0 aliphatic carbocycles. The highest BCUT2D eigenvalue weighted by Crippen LogP contribution is 2.05. The van der Waals surface area contributed by atoms with Crippen LogP contribution < -0.4 is 12.4 Å². The van der Waals surface area contributed by atoms with Gasteiger partial charge in [0.15, 0.2) is 0 Å². The first-order valence-corrected chi connectivity index (χ1v) is 4.07. The summed E-state index contributed by atoms with van der Waals surface area (Å²) in [5, 5.41) is 0. The van der Waals surface area contributed by atoms with Crippen molar-refractivity contribution >= 4 is 10.1 Å². The fourth-order valence-electron chi connectivity index (χ4n) is 0.592. The van der Waals surface area contributed by atoms with Crippen molar-refractivity contribution < 1.29 is 25.4 Å². The Kier molecular flexibility index (Phi) is 3.51. The Balaban J connectivity index is 0.000001000. The largest absolute Gasteiger partial charge is 1.00 e. The third-order valence-electron chi connectivity index (χ3n) is 1.04. The van der Waals surface area contributed by atoms with Crippen LogP contribution in [0, 0.1) is 0 Å². The summed E-state index contributed by atoms with van der Waals surface area (Å²) in [6, 6.07) is 7.42. The molecular formula is C6H6ClO3S-. The predicted molar refractivity (Wildman–Crippen MR) is 36.3 cm³/mol. The minimum Gasteiger partial charge on any atom is -1.00 e. The summed E-state index contributed by atoms with van der Waals surface area (Å²) >= 11 is 0. The van der Waals surface area contributed by atoms with Crippen molar-refractivity contribution in [1.82, 2.24) is 0 Å². The van der Waals surface area contributed by atoms with Crippen LogP contribution in [0.1, 0.15) is 0 Å². The highest BCUT2D eigenvalue weighted by Gasteiger charge is 2.05. The molecule has 0 amide bonds. The Bertz CT molecular complexity index is 306. The second-order valence-corrected chi connectivity index (χ2v) is 3.21. The highest BCUT2D eigenvalue weighted by molar-refractivity contribution is 7.85. The van der Waals surface area contributed by atoms with Gasteiger partial charge in [0.2, 0.25) is 0 Å². The Morgan fingerprint density at radius 2 is 1.55 bits per heavy atom. The van der Waals surface area contributed by atoms with Crippen LogP contribution in [-0.2, 0) is 10.1 Å². The van der Waals surface area contributed by atoms with Crippen molar-refractivity contribution in [3.05, 3.63) is 30.3 Å². The fraction of sp³-hybridized carbons (Fsp3) is 0. The molecule has 5 heteroatoms. The zero-order valence-electron chi connectivity index (χ0n) is 5.44. The maximum absolute atomic E-state index is 10.4. The molecule has 0 aliphatic heterocycles. The first-order valence-electron chi connectivity index (χ1n) is 2.63. The van der Waals surface area contributed by atoms with E-state index in [2.05, 4.69) is 0 Å². The lowest BCUT2D eigenvalue weighted by Crippen LogP contribution is -3.00. The topological polar surface area (TPSA) is 54.4 Å². The molecule has 0 aliphatic rings. The molecule has 0 radical (unpaired) electrons. The summed E-state index contributed by atoms with van der Waals surface area (Å²) in [4.78, 5) is -0.0741. The van der Waals surface area contributed by atoms with Crippen LogP contribution in [0.3, 0.4) is 0 Å². The third kappa shape index (κ3) is 2.88. The van der Waals surface area contributed by atoms with E-state index in [4.69, 9.17) is 4.55 Å². The fourth-order valence-corrected chi connectivity index (χ4v) is 1.09. The average Bonchev–Trinajstić information content (AvgIpc) is 1.88. The molecule has 0 saturated carbocycles. The molecule has 3 nitrogen and oxygen atoms in total. The molecule has 1 N–H and O–H groups in total. The van der Waals surface area contributed by atoms with Gasteiger partial charge in [-0.3, -0.25) is 4.55 Å². The lowest BCUT2D eigenvalue weighted by atomic mass is 10.4. The molecule has 0 saturated heterocycles. The molecule has 0 aromatic heterocycles. The van der Waals surface area contributed by atoms with Crippen LogP contribution in [-0.4, -0.2) is 13.0 Å². The zero-order valence-corrected chi connectivity index (χ0v) is 7.01. The Morgan fingerprint density at radius 1 is 1.09 bits per heavy atom. The first kappa shape index (κ1) is 10.4. The van der Waals surface area contributed by atoms with Gasteiger partial charge in [-0.25, -0.2) is 0 Å². The lowest BCUT2D eigenvalue weighted by molar-refractivity contribution is -0.00000618. The van der Waals surface area contributed by atoms with E-state index in [-0.39, 0.29) is 17.3 Å². The van der Waals surface area contributed by atoms with Crippen molar-refractivity contribution in [3.63, 3.8) is 0 Å². The predicted octanol–water partition coefficient (Wildman–Crippen LogP) is -2.06. The molecule has 0 unspecified atom stereocenters. The monoisotopic (exact) mass is 193 g/mol. The summed E-state index contributed by atoms with van der Waals surface area (Å²) < 4.78 is 29.2. The van der Waals surface area contributed by atoms with Crippen molar-refractivity contribution in [1.29, 1.82) is 0 Å². The van der Waals surface area contributed by atoms with Gasteiger partial charge in [-0.05, 0) is 12.1 Å². The van der Waals surface area contributed by atoms with E-state index in [0.29, 0.717) is 0 Å². The van der Waals surface area contributed by atoms with Gasteiger partial charge < -0.3 is 12.4 Å². The van der Waals surface area contributed by atoms with E-state index in [1.807, 2.05) is 0 Å². The van der Waals surface area contributed by atoms with E-state index in [0.717, 1.165) is 0 Å². The highest BCUT2D eigenvalue weighted by atomic mass is 35.5. The van der Waals surface area contributed by atoms with Gasteiger partial charge in [0.1, 0.15) is 0 Å². The van der Waals surface area contributed by atoms with E-state index in [9.17, 15) is 8.42 Å². The number of hydrogen-bond donors (Lipinski definition) is 1. The molecule has 0 spiro atoms. The van der Waals surface area contributed by atoms with Crippen molar-refractivity contribution in [2.24, 2.45) is 0 Å². The Morgan fingerprint density at radius 3 is 1.82 bits per heavy atom. The van der Waals surface area contributed by atoms with Gasteiger partial charge in [-0.1, -0.05) is 18.2 Å². The van der Waals surface area contributed by atoms with E-state index >= 15 is 0 Å². The van der Waals surface area contributed by atoms with Gasteiger partial charge in [-0.15, -0.1) is 0 Å². The average molecular weight is 194 g/mol. The molecule has 1 aromatic rings. The molecule has 11 heavy (non-hydrogen) atoms. The molecule has 1 aromatic carbocycles. The molecule has 1 rings (SSSR count). The minimum absolute atomic E-state index is 0. The standard InChI is InChI=1S/C6H6O3S.ClH/c7-10(8,9)6-4-2-1-3-5-6;/h1-5H,(H,7,8,9);1H/p-1. The van der Waals surface area contributed by atoms with Crippen LogP contribution in [0.4, 0.5) is 0 Å². The van der Waals surface area contributed by atoms with E-state index in [1.165, 1.54) is 12.1 Å². The number of halogens is 1.